The molecule has 0 N–H and O–H groups in total. The molecule has 52 valence electrons. The summed E-state index contributed by atoms with van der Waals surface area (Å²) in [5, 5.41) is 2.04. The first-order chi connectivity index (χ1) is 4.83. The lowest BCUT2D eigenvalue weighted by Gasteiger charge is -1.82. The van der Waals surface area contributed by atoms with Crippen molar-refractivity contribution in [3.63, 3.8) is 0 Å². The van der Waals surface area contributed by atoms with Crippen LogP contribution in [-0.4, -0.2) is 6.54 Å². The summed E-state index contributed by atoms with van der Waals surface area (Å²) in [5.74, 6) is 0. The summed E-state index contributed by atoms with van der Waals surface area (Å²) in [7, 11) is 0. The minimum absolute atomic E-state index is 0.604. The quantitative estimate of drug-likeness (QED) is 0.669. The van der Waals surface area contributed by atoms with E-state index in [1.54, 1.807) is 11.3 Å². The largest absolute Gasteiger partial charge is 0.317 e. The lowest BCUT2D eigenvalue weighted by molar-refractivity contribution is 1.11. The highest BCUT2D eigenvalue weighted by Crippen LogP contribution is 2.19. The maximum Gasteiger partial charge on any atom is 0.219 e. The van der Waals surface area contributed by atoms with Crippen LogP contribution in [0.4, 0.5) is 0 Å². The van der Waals surface area contributed by atoms with Crippen molar-refractivity contribution < 1.29 is 0 Å². The van der Waals surface area contributed by atoms with Gasteiger partial charge in [-0.15, -0.1) is 11.3 Å². The van der Waals surface area contributed by atoms with E-state index in [-0.39, 0.29) is 0 Å². The Labute approximate surface area is 72.6 Å². The fraction of sp³-hybridized carbons (Fsp3) is 0.286. The van der Waals surface area contributed by atoms with E-state index in [0.717, 1.165) is 10.9 Å². The topological polar surface area (TPSA) is 4.36 Å². The van der Waals surface area contributed by atoms with Crippen molar-refractivity contribution in [2.45, 2.75) is 6.42 Å². The molecule has 1 heterocycles. The molecule has 0 fully saturated rings. The summed E-state index contributed by atoms with van der Waals surface area (Å²) in [6.45, 7) is 7.18. The SMILES string of the molecule is [C-]#[N+]CCc1cc(Br)cs1. The first kappa shape index (κ1) is 7.77. The van der Waals surface area contributed by atoms with Gasteiger partial charge in [0.25, 0.3) is 0 Å². The van der Waals surface area contributed by atoms with Crippen molar-refractivity contribution in [3.05, 3.63) is 32.2 Å². The summed E-state index contributed by atoms with van der Waals surface area (Å²) < 4.78 is 1.12. The molecule has 0 spiro atoms. The highest BCUT2D eigenvalue weighted by Gasteiger charge is 1.97. The van der Waals surface area contributed by atoms with E-state index in [9.17, 15) is 0 Å². The third kappa shape index (κ3) is 2.13. The fourth-order valence-electron chi connectivity index (χ4n) is 0.651. The van der Waals surface area contributed by atoms with E-state index in [1.165, 1.54) is 4.88 Å². The zero-order valence-electron chi connectivity index (χ0n) is 5.30. The molecule has 0 aliphatic heterocycles. The molecule has 0 saturated carbocycles. The minimum Gasteiger partial charge on any atom is -0.317 e. The number of rotatable bonds is 2. The predicted octanol–water partition coefficient (Wildman–Crippen LogP) is 2.97. The van der Waals surface area contributed by atoms with Crippen molar-refractivity contribution in [2.24, 2.45) is 0 Å². The van der Waals surface area contributed by atoms with Gasteiger partial charge in [0.2, 0.25) is 6.54 Å². The van der Waals surface area contributed by atoms with E-state index in [1.807, 2.05) is 5.38 Å². The average Bonchev–Trinajstić information content (AvgIpc) is 2.31. The van der Waals surface area contributed by atoms with Crippen LogP contribution in [0.5, 0.6) is 0 Å². The van der Waals surface area contributed by atoms with Gasteiger partial charge in [0.15, 0.2) is 0 Å². The summed E-state index contributed by atoms with van der Waals surface area (Å²) in [6, 6.07) is 2.07. The molecule has 0 aliphatic carbocycles. The van der Waals surface area contributed by atoms with Crippen molar-refractivity contribution in [1.82, 2.24) is 0 Å². The van der Waals surface area contributed by atoms with Gasteiger partial charge < -0.3 is 4.85 Å². The Hall–Kier alpha value is -0.330. The van der Waals surface area contributed by atoms with Crippen molar-refractivity contribution in [2.75, 3.05) is 6.54 Å². The van der Waals surface area contributed by atoms with Crippen molar-refractivity contribution in [1.29, 1.82) is 0 Å². The van der Waals surface area contributed by atoms with Gasteiger partial charge in [-0.2, -0.15) is 0 Å². The first-order valence-electron chi connectivity index (χ1n) is 2.89. The standard InChI is InChI=1S/C7H6BrNS/c1-9-3-2-7-4-6(8)5-10-7/h4-5H,2-3H2. The number of hydrogen-bond donors (Lipinski definition) is 0. The first-order valence-corrected chi connectivity index (χ1v) is 4.56. The molecule has 1 aromatic rings. The van der Waals surface area contributed by atoms with Crippen LogP contribution in [0.25, 0.3) is 4.85 Å². The lowest BCUT2D eigenvalue weighted by atomic mass is 10.3. The molecule has 0 atom stereocenters. The molecule has 0 saturated heterocycles. The molecule has 1 aromatic heterocycles. The average molecular weight is 216 g/mol. The number of hydrogen-bond acceptors (Lipinski definition) is 1. The Morgan fingerprint density at radius 3 is 3.00 bits per heavy atom. The van der Waals surface area contributed by atoms with Gasteiger partial charge in [0.1, 0.15) is 0 Å². The van der Waals surface area contributed by atoms with Crippen molar-refractivity contribution >= 4 is 27.3 Å². The molecule has 0 aliphatic rings. The molecular formula is C7H6BrNS. The van der Waals surface area contributed by atoms with Crippen LogP contribution in [0.15, 0.2) is 15.9 Å². The van der Waals surface area contributed by atoms with E-state index in [2.05, 4.69) is 26.8 Å². The Balaban J connectivity index is 2.52. The maximum atomic E-state index is 6.58. The van der Waals surface area contributed by atoms with Gasteiger partial charge in [0, 0.05) is 14.7 Å². The second-order valence-corrected chi connectivity index (χ2v) is 3.77. The van der Waals surface area contributed by atoms with Gasteiger partial charge in [-0.3, -0.25) is 0 Å². The van der Waals surface area contributed by atoms with Gasteiger partial charge >= 0.3 is 0 Å². The highest BCUT2D eigenvalue weighted by molar-refractivity contribution is 9.10. The Bertz CT molecular complexity index is 248. The molecule has 0 bridgehead atoms. The monoisotopic (exact) mass is 215 g/mol. The second kappa shape index (κ2) is 3.75. The minimum atomic E-state index is 0.604. The molecule has 0 aromatic carbocycles. The van der Waals surface area contributed by atoms with Gasteiger partial charge in [-0.25, -0.2) is 6.57 Å². The molecule has 0 amide bonds. The van der Waals surface area contributed by atoms with Gasteiger partial charge in [0.05, 0.1) is 6.42 Å². The van der Waals surface area contributed by atoms with Crippen LogP contribution < -0.4 is 0 Å². The number of nitrogens with zero attached hydrogens (tertiary/aromatic N) is 1. The summed E-state index contributed by atoms with van der Waals surface area (Å²) >= 11 is 5.06. The fourth-order valence-corrected chi connectivity index (χ4v) is 2.10. The molecule has 10 heavy (non-hydrogen) atoms. The Morgan fingerprint density at radius 2 is 2.50 bits per heavy atom. The zero-order chi connectivity index (χ0) is 7.40. The summed E-state index contributed by atoms with van der Waals surface area (Å²) in [6.07, 6.45) is 0.889. The van der Waals surface area contributed by atoms with Crippen LogP contribution in [0.1, 0.15) is 4.88 Å². The van der Waals surface area contributed by atoms with E-state index < -0.39 is 0 Å². The second-order valence-electron chi connectivity index (χ2n) is 1.86. The molecule has 3 heteroatoms. The van der Waals surface area contributed by atoms with Gasteiger partial charge in [-0.1, -0.05) is 0 Å². The van der Waals surface area contributed by atoms with Crippen LogP contribution >= 0.6 is 27.3 Å². The third-order valence-corrected chi connectivity index (χ3v) is 2.85. The van der Waals surface area contributed by atoms with Crippen molar-refractivity contribution in [3.8, 4) is 0 Å². The maximum absolute atomic E-state index is 6.58. The number of halogens is 1. The Morgan fingerprint density at radius 1 is 1.70 bits per heavy atom. The van der Waals surface area contributed by atoms with E-state index in [4.69, 9.17) is 6.57 Å². The molecule has 0 unspecified atom stereocenters. The number of thiophene rings is 1. The third-order valence-electron chi connectivity index (χ3n) is 1.09. The normalized spacial score (nSPS) is 9.20. The molecule has 0 radical (unpaired) electrons. The van der Waals surface area contributed by atoms with Crippen LogP contribution in [0, 0.1) is 6.57 Å². The Kier molecular flexibility index (Phi) is 2.91. The van der Waals surface area contributed by atoms with E-state index in [0.29, 0.717) is 6.54 Å². The molecular weight excluding hydrogens is 210 g/mol. The van der Waals surface area contributed by atoms with E-state index >= 15 is 0 Å². The predicted molar refractivity (Wildman–Crippen MR) is 47.2 cm³/mol. The van der Waals surface area contributed by atoms with Crippen LogP contribution in [0.2, 0.25) is 0 Å². The smallest absolute Gasteiger partial charge is 0.219 e. The summed E-state index contributed by atoms with van der Waals surface area (Å²) in [4.78, 5) is 4.56. The highest BCUT2D eigenvalue weighted by atomic mass is 79.9. The van der Waals surface area contributed by atoms with Crippen LogP contribution in [-0.2, 0) is 6.42 Å². The van der Waals surface area contributed by atoms with Crippen LogP contribution in [0.3, 0.4) is 0 Å². The van der Waals surface area contributed by atoms with Gasteiger partial charge in [-0.05, 0) is 22.0 Å². The molecule has 1 rings (SSSR count). The molecule has 1 nitrogen and oxygen atoms in total. The lowest BCUT2D eigenvalue weighted by Crippen LogP contribution is -1.80. The summed E-state index contributed by atoms with van der Waals surface area (Å²) in [5.41, 5.74) is 0. The zero-order valence-corrected chi connectivity index (χ0v) is 7.70.